The van der Waals surface area contributed by atoms with Crippen molar-refractivity contribution in [1.82, 2.24) is 0 Å². The molecule has 0 radical (unpaired) electrons. The van der Waals surface area contributed by atoms with Crippen molar-refractivity contribution in [1.29, 1.82) is 5.26 Å². The Balaban J connectivity index is 1.42. The monoisotopic (exact) mass is 515 g/mol. The van der Waals surface area contributed by atoms with Gasteiger partial charge in [0.2, 0.25) is 0 Å². The SMILES string of the molecule is CC#CC1(O)CCC2C3CCC4=CC(=O)CCC4=C3C(c3ccc(C(=O)c4ccc(C#N)cc4)cc3)CC21C. The second-order valence-corrected chi connectivity index (χ2v) is 11.9. The minimum atomic E-state index is -1.01. The van der Waals surface area contributed by atoms with Crippen LogP contribution in [0.3, 0.4) is 0 Å². The van der Waals surface area contributed by atoms with Gasteiger partial charge in [0.25, 0.3) is 0 Å². The maximum Gasteiger partial charge on any atom is 0.193 e. The summed E-state index contributed by atoms with van der Waals surface area (Å²) in [7, 11) is 0. The molecule has 2 aromatic carbocycles. The summed E-state index contributed by atoms with van der Waals surface area (Å²) in [4.78, 5) is 25.4. The number of ketones is 2. The van der Waals surface area contributed by atoms with E-state index in [4.69, 9.17) is 5.26 Å². The Hall–Kier alpha value is -3.73. The fourth-order valence-electron chi connectivity index (χ4n) is 8.11. The molecular weight excluding hydrogens is 482 g/mol. The van der Waals surface area contributed by atoms with Crippen LogP contribution in [0.5, 0.6) is 0 Å². The van der Waals surface area contributed by atoms with Crippen molar-refractivity contribution in [3.8, 4) is 17.9 Å². The van der Waals surface area contributed by atoms with Crippen LogP contribution in [-0.4, -0.2) is 22.3 Å². The van der Waals surface area contributed by atoms with E-state index < -0.39 is 5.60 Å². The molecule has 2 saturated carbocycles. The van der Waals surface area contributed by atoms with Crippen LogP contribution in [-0.2, 0) is 4.79 Å². The third-order valence-electron chi connectivity index (χ3n) is 10.1. The molecule has 2 fully saturated rings. The maximum atomic E-state index is 13.2. The van der Waals surface area contributed by atoms with E-state index in [1.54, 1.807) is 24.3 Å². The number of hydrogen-bond acceptors (Lipinski definition) is 4. The number of aliphatic hydroxyl groups is 1. The van der Waals surface area contributed by atoms with Crippen molar-refractivity contribution < 1.29 is 14.7 Å². The van der Waals surface area contributed by atoms with Gasteiger partial charge in [0, 0.05) is 28.9 Å². The van der Waals surface area contributed by atoms with Crippen LogP contribution in [0.25, 0.3) is 0 Å². The van der Waals surface area contributed by atoms with E-state index in [1.807, 2.05) is 25.1 Å². The van der Waals surface area contributed by atoms with Crippen molar-refractivity contribution in [2.45, 2.75) is 70.3 Å². The van der Waals surface area contributed by atoms with E-state index >= 15 is 0 Å². The van der Waals surface area contributed by atoms with Gasteiger partial charge in [0.05, 0.1) is 11.6 Å². The smallest absolute Gasteiger partial charge is 0.193 e. The topological polar surface area (TPSA) is 78.2 Å². The van der Waals surface area contributed by atoms with E-state index in [0.29, 0.717) is 41.4 Å². The lowest BCUT2D eigenvalue weighted by Gasteiger charge is -2.53. The molecular formula is C35H33NO3. The average molecular weight is 516 g/mol. The molecule has 6 rings (SSSR count). The molecule has 0 aromatic heterocycles. The third-order valence-corrected chi connectivity index (χ3v) is 10.1. The molecule has 0 saturated heterocycles. The molecule has 2 aromatic rings. The lowest BCUT2D eigenvalue weighted by Crippen LogP contribution is -2.51. The molecule has 0 spiro atoms. The molecule has 4 nitrogen and oxygen atoms in total. The zero-order chi connectivity index (χ0) is 27.4. The molecule has 5 atom stereocenters. The first-order valence-electron chi connectivity index (χ1n) is 14.1. The Bertz CT molecular complexity index is 1530. The highest BCUT2D eigenvalue weighted by Gasteiger charge is 2.62. The molecule has 5 unspecified atom stereocenters. The van der Waals surface area contributed by atoms with Gasteiger partial charge >= 0.3 is 0 Å². The molecule has 4 aliphatic rings. The maximum absolute atomic E-state index is 13.2. The Labute approximate surface area is 230 Å². The van der Waals surface area contributed by atoms with Gasteiger partial charge in [-0.1, -0.05) is 42.7 Å². The van der Waals surface area contributed by atoms with Gasteiger partial charge in [-0.15, -0.1) is 5.92 Å². The minimum absolute atomic E-state index is 0.0707. The number of allylic oxidation sites excluding steroid dienone is 4. The Morgan fingerprint density at radius 2 is 1.69 bits per heavy atom. The predicted octanol–water partition coefficient (Wildman–Crippen LogP) is 6.44. The number of carbonyl (C=O) groups excluding carboxylic acids is 2. The summed E-state index contributed by atoms with van der Waals surface area (Å²) >= 11 is 0. The van der Waals surface area contributed by atoms with E-state index in [9.17, 15) is 14.7 Å². The largest absolute Gasteiger partial charge is 0.377 e. The van der Waals surface area contributed by atoms with Gasteiger partial charge in [-0.25, -0.2) is 0 Å². The molecule has 0 aliphatic heterocycles. The molecule has 0 bridgehead atoms. The second-order valence-electron chi connectivity index (χ2n) is 11.9. The van der Waals surface area contributed by atoms with Gasteiger partial charge in [0.1, 0.15) is 5.60 Å². The summed E-state index contributed by atoms with van der Waals surface area (Å²) in [5.74, 6) is 7.20. The first-order chi connectivity index (χ1) is 18.8. The Kier molecular flexibility index (Phi) is 6.21. The standard InChI is InChI=1S/C35H33NO3/c1-3-17-35(39)18-16-31-29-14-12-26-19-27(37)13-15-28(26)32(29)30(20-34(31,35)2)23-8-10-25(11-9-23)33(38)24-6-4-22(21-36)5-7-24/h4-11,19,29-31,39H,12-16,18,20H2,1-2H3. The number of benzene rings is 2. The van der Waals surface area contributed by atoms with E-state index in [2.05, 4.69) is 37.0 Å². The zero-order valence-electron chi connectivity index (χ0n) is 22.6. The van der Waals surface area contributed by atoms with Crippen molar-refractivity contribution in [2.24, 2.45) is 17.3 Å². The fourth-order valence-corrected chi connectivity index (χ4v) is 8.11. The number of nitrogens with zero attached hydrogens (tertiary/aromatic N) is 1. The summed E-state index contributed by atoms with van der Waals surface area (Å²) in [5, 5.41) is 20.9. The van der Waals surface area contributed by atoms with E-state index in [1.165, 1.54) is 16.7 Å². The summed E-state index contributed by atoms with van der Waals surface area (Å²) < 4.78 is 0. The number of rotatable bonds is 3. The highest BCUT2D eigenvalue weighted by atomic mass is 16.3. The summed E-state index contributed by atoms with van der Waals surface area (Å²) in [6.07, 6.45) is 7.61. The lowest BCUT2D eigenvalue weighted by atomic mass is 9.51. The molecule has 4 aliphatic carbocycles. The zero-order valence-corrected chi connectivity index (χ0v) is 22.6. The van der Waals surface area contributed by atoms with Crippen LogP contribution in [0, 0.1) is 40.4 Å². The minimum Gasteiger partial charge on any atom is -0.377 e. The van der Waals surface area contributed by atoms with Gasteiger partial charge in [-0.2, -0.15) is 5.26 Å². The number of nitriles is 1. The molecule has 4 heteroatoms. The number of fused-ring (bicyclic) bond motifs is 4. The first-order valence-corrected chi connectivity index (χ1v) is 14.1. The van der Waals surface area contributed by atoms with Crippen LogP contribution < -0.4 is 0 Å². The van der Waals surface area contributed by atoms with Crippen molar-refractivity contribution >= 4 is 11.6 Å². The van der Waals surface area contributed by atoms with Crippen molar-refractivity contribution in [2.75, 3.05) is 0 Å². The average Bonchev–Trinajstić information content (AvgIpc) is 3.22. The number of carbonyl (C=O) groups is 2. The van der Waals surface area contributed by atoms with Crippen LogP contribution in [0.1, 0.15) is 91.8 Å². The molecule has 196 valence electrons. The predicted molar refractivity (Wildman–Crippen MR) is 150 cm³/mol. The Morgan fingerprint density at radius 1 is 1.00 bits per heavy atom. The van der Waals surface area contributed by atoms with Crippen LogP contribution in [0.4, 0.5) is 0 Å². The Morgan fingerprint density at radius 3 is 2.36 bits per heavy atom. The van der Waals surface area contributed by atoms with E-state index in [0.717, 1.165) is 37.7 Å². The fraction of sp³-hybridized carbons (Fsp3) is 0.400. The quantitative estimate of drug-likeness (QED) is 0.377. The van der Waals surface area contributed by atoms with Gasteiger partial charge in [0.15, 0.2) is 11.6 Å². The highest BCUT2D eigenvalue weighted by molar-refractivity contribution is 6.09. The van der Waals surface area contributed by atoms with Crippen LogP contribution >= 0.6 is 0 Å². The first kappa shape index (κ1) is 25.5. The molecule has 39 heavy (non-hydrogen) atoms. The highest BCUT2D eigenvalue weighted by Crippen LogP contribution is 2.66. The number of hydrogen-bond donors (Lipinski definition) is 1. The van der Waals surface area contributed by atoms with Gasteiger partial charge < -0.3 is 5.11 Å². The normalized spacial score (nSPS) is 31.2. The van der Waals surface area contributed by atoms with Gasteiger partial charge in [-0.05, 0) is 104 Å². The summed E-state index contributed by atoms with van der Waals surface area (Å²) in [6, 6.07) is 16.8. The molecule has 0 heterocycles. The van der Waals surface area contributed by atoms with E-state index in [-0.39, 0.29) is 22.9 Å². The second kappa shape index (κ2) is 9.48. The summed E-state index contributed by atoms with van der Waals surface area (Å²) in [5.41, 5.74) is 5.54. The summed E-state index contributed by atoms with van der Waals surface area (Å²) in [6.45, 7) is 4.05. The molecule has 0 amide bonds. The molecule has 1 N–H and O–H groups in total. The lowest BCUT2D eigenvalue weighted by molar-refractivity contribution is -0.114. The van der Waals surface area contributed by atoms with Gasteiger partial charge in [-0.3, -0.25) is 9.59 Å². The third kappa shape index (κ3) is 4.02. The van der Waals surface area contributed by atoms with Crippen LogP contribution in [0.2, 0.25) is 0 Å². The van der Waals surface area contributed by atoms with Crippen molar-refractivity contribution in [3.05, 3.63) is 93.6 Å². The van der Waals surface area contributed by atoms with Crippen molar-refractivity contribution in [3.63, 3.8) is 0 Å². The van der Waals surface area contributed by atoms with Crippen LogP contribution in [0.15, 0.2) is 71.3 Å².